The highest BCUT2D eigenvalue weighted by atomic mass is 15.0. The fourth-order valence-corrected chi connectivity index (χ4v) is 2.58. The molecule has 2 aromatic carbocycles. The van der Waals surface area contributed by atoms with Crippen molar-refractivity contribution in [1.82, 2.24) is 15.0 Å². The van der Waals surface area contributed by atoms with Gasteiger partial charge in [0.25, 0.3) is 0 Å². The van der Waals surface area contributed by atoms with Crippen molar-refractivity contribution in [2.75, 3.05) is 5.32 Å². The summed E-state index contributed by atoms with van der Waals surface area (Å²) >= 11 is 0. The van der Waals surface area contributed by atoms with Gasteiger partial charge in [0.05, 0.1) is 11.2 Å². The third-order valence-electron chi connectivity index (χ3n) is 3.74. The monoisotopic (exact) mass is 300 g/mol. The normalized spacial score (nSPS) is 10.8. The maximum atomic E-state index is 4.70. The first-order chi connectivity index (χ1) is 11.4. The van der Waals surface area contributed by atoms with E-state index >= 15 is 0 Å². The SMILES string of the molecule is c1ccc(CNc2nc(-c3ccc[nH]3)nc3ccccc23)cc1. The van der Waals surface area contributed by atoms with Gasteiger partial charge in [-0.1, -0.05) is 42.5 Å². The Morgan fingerprint density at radius 2 is 1.65 bits per heavy atom. The number of fused-ring (bicyclic) bond motifs is 1. The van der Waals surface area contributed by atoms with Gasteiger partial charge in [-0.3, -0.25) is 0 Å². The fourth-order valence-electron chi connectivity index (χ4n) is 2.58. The molecule has 0 aliphatic carbocycles. The van der Waals surface area contributed by atoms with Crippen LogP contribution in [0.3, 0.4) is 0 Å². The van der Waals surface area contributed by atoms with E-state index in [1.165, 1.54) is 5.56 Å². The van der Waals surface area contributed by atoms with Crippen molar-refractivity contribution < 1.29 is 0 Å². The molecule has 0 spiro atoms. The van der Waals surface area contributed by atoms with Gasteiger partial charge in [-0.15, -0.1) is 0 Å². The maximum Gasteiger partial charge on any atom is 0.178 e. The lowest BCUT2D eigenvalue weighted by molar-refractivity contribution is 1.10. The Labute approximate surface area is 134 Å². The van der Waals surface area contributed by atoms with Gasteiger partial charge in [0.1, 0.15) is 5.82 Å². The molecule has 0 fully saturated rings. The molecule has 23 heavy (non-hydrogen) atoms. The van der Waals surface area contributed by atoms with Crippen molar-refractivity contribution in [2.45, 2.75) is 6.54 Å². The Morgan fingerprint density at radius 1 is 0.826 bits per heavy atom. The highest BCUT2D eigenvalue weighted by molar-refractivity contribution is 5.90. The first kappa shape index (κ1) is 13.5. The van der Waals surface area contributed by atoms with Crippen LogP contribution in [-0.2, 0) is 6.54 Å². The zero-order chi connectivity index (χ0) is 15.5. The Kier molecular flexibility index (Phi) is 3.48. The molecule has 0 radical (unpaired) electrons. The average molecular weight is 300 g/mol. The van der Waals surface area contributed by atoms with Gasteiger partial charge >= 0.3 is 0 Å². The smallest absolute Gasteiger partial charge is 0.178 e. The number of para-hydroxylation sites is 1. The molecule has 0 aliphatic rings. The molecular weight excluding hydrogens is 284 g/mol. The molecule has 4 aromatic rings. The minimum Gasteiger partial charge on any atom is -0.365 e. The molecule has 4 rings (SSSR count). The van der Waals surface area contributed by atoms with E-state index < -0.39 is 0 Å². The summed E-state index contributed by atoms with van der Waals surface area (Å²) in [4.78, 5) is 12.5. The van der Waals surface area contributed by atoms with Gasteiger partial charge in [0.15, 0.2) is 5.82 Å². The predicted octanol–water partition coefficient (Wildman–Crippen LogP) is 4.24. The summed E-state index contributed by atoms with van der Waals surface area (Å²) in [5.74, 6) is 1.55. The van der Waals surface area contributed by atoms with Crippen LogP contribution >= 0.6 is 0 Å². The van der Waals surface area contributed by atoms with Crippen molar-refractivity contribution in [1.29, 1.82) is 0 Å². The van der Waals surface area contributed by atoms with E-state index in [1.807, 2.05) is 60.8 Å². The Bertz CT molecular complexity index is 915. The van der Waals surface area contributed by atoms with E-state index in [0.29, 0.717) is 5.82 Å². The molecule has 112 valence electrons. The second kappa shape index (κ2) is 5.93. The van der Waals surface area contributed by atoms with Gasteiger partial charge in [-0.25, -0.2) is 9.97 Å². The lowest BCUT2D eigenvalue weighted by Gasteiger charge is -2.10. The van der Waals surface area contributed by atoms with E-state index in [2.05, 4.69) is 27.4 Å². The zero-order valence-corrected chi connectivity index (χ0v) is 12.5. The molecule has 4 nitrogen and oxygen atoms in total. The van der Waals surface area contributed by atoms with E-state index in [0.717, 1.165) is 29.0 Å². The summed E-state index contributed by atoms with van der Waals surface area (Å²) in [6.45, 7) is 0.728. The fraction of sp³-hybridized carbons (Fsp3) is 0.0526. The van der Waals surface area contributed by atoms with Crippen molar-refractivity contribution in [3.63, 3.8) is 0 Å². The van der Waals surface area contributed by atoms with Crippen molar-refractivity contribution in [2.24, 2.45) is 0 Å². The van der Waals surface area contributed by atoms with Crippen LogP contribution < -0.4 is 5.32 Å². The number of nitrogens with zero attached hydrogens (tertiary/aromatic N) is 2. The third-order valence-corrected chi connectivity index (χ3v) is 3.74. The van der Waals surface area contributed by atoms with Gasteiger partial charge in [0.2, 0.25) is 0 Å². The second-order valence-electron chi connectivity index (χ2n) is 5.34. The Morgan fingerprint density at radius 3 is 2.48 bits per heavy atom. The van der Waals surface area contributed by atoms with Gasteiger partial charge in [-0.2, -0.15) is 0 Å². The molecule has 4 heteroatoms. The van der Waals surface area contributed by atoms with Crippen LogP contribution in [0.1, 0.15) is 5.56 Å². The molecule has 2 heterocycles. The predicted molar refractivity (Wildman–Crippen MR) is 93.1 cm³/mol. The molecule has 0 unspecified atom stereocenters. The van der Waals surface area contributed by atoms with Crippen LogP contribution in [0.15, 0.2) is 72.9 Å². The molecule has 0 atom stereocenters. The number of nitrogens with one attached hydrogen (secondary N) is 2. The van der Waals surface area contributed by atoms with Crippen LogP contribution in [0.2, 0.25) is 0 Å². The van der Waals surface area contributed by atoms with Crippen LogP contribution in [0.25, 0.3) is 22.4 Å². The minimum atomic E-state index is 0.698. The van der Waals surface area contributed by atoms with Crippen LogP contribution in [-0.4, -0.2) is 15.0 Å². The number of aromatic amines is 1. The second-order valence-corrected chi connectivity index (χ2v) is 5.34. The van der Waals surface area contributed by atoms with Crippen LogP contribution in [0.5, 0.6) is 0 Å². The summed E-state index contributed by atoms with van der Waals surface area (Å²) in [6, 6.07) is 22.3. The molecule has 0 saturated heterocycles. The highest BCUT2D eigenvalue weighted by Gasteiger charge is 2.09. The van der Waals surface area contributed by atoms with Crippen LogP contribution in [0, 0.1) is 0 Å². The summed E-state index contributed by atoms with van der Waals surface area (Å²) in [7, 11) is 0. The number of aromatic nitrogens is 3. The van der Waals surface area contributed by atoms with Crippen LogP contribution in [0.4, 0.5) is 5.82 Å². The van der Waals surface area contributed by atoms with E-state index in [4.69, 9.17) is 4.98 Å². The lowest BCUT2D eigenvalue weighted by Crippen LogP contribution is -2.04. The first-order valence-corrected chi connectivity index (χ1v) is 7.58. The number of anilines is 1. The Balaban J connectivity index is 1.74. The van der Waals surface area contributed by atoms with Gasteiger partial charge in [-0.05, 0) is 29.8 Å². The molecule has 0 saturated carbocycles. The third kappa shape index (κ3) is 2.79. The molecule has 0 aliphatic heterocycles. The van der Waals surface area contributed by atoms with Gasteiger partial charge < -0.3 is 10.3 Å². The topological polar surface area (TPSA) is 53.6 Å². The van der Waals surface area contributed by atoms with E-state index in [1.54, 1.807) is 0 Å². The Hall–Kier alpha value is -3.14. The maximum absolute atomic E-state index is 4.70. The highest BCUT2D eigenvalue weighted by Crippen LogP contribution is 2.24. The quantitative estimate of drug-likeness (QED) is 0.593. The number of benzene rings is 2. The number of hydrogen-bond donors (Lipinski definition) is 2. The number of hydrogen-bond acceptors (Lipinski definition) is 3. The standard InChI is InChI=1S/C19H16N4/c1-2-7-14(8-3-1)13-21-18-15-9-4-5-10-16(15)22-19(23-18)17-11-6-12-20-17/h1-12,20H,13H2,(H,21,22,23). The average Bonchev–Trinajstić information content (AvgIpc) is 3.15. The summed E-state index contributed by atoms with van der Waals surface area (Å²) in [5.41, 5.74) is 3.07. The van der Waals surface area contributed by atoms with Crippen molar-refractivity contribution in [3.8, 4) is 11.5 Å². The summed E-state index contributed by atoms with van der Waals surface area (Å²) in [5, 5.41) is 4.47. The first-order valence-electron chi connectivity index (χ1n) is 7.58. The lowest BCUT2D eigenvalue weighted by atomic mass is 10.2. The summed E-state index contributed by atoms with van der Waals surface area (Å²) < 4.78 is 0. The largest absolute Gasteiger partial charge is 0.365 e. The summed E-state index contributed by atoms with van der Waals surface area (Å²) in [6.07, 6.45) is 1.88. The molecule has 2 aromatic heterocycles. The van der Waals surface area contributed by atoms with Crippen molar-refractivity contribution >= 4 is 16.7 Å². The van der Waals surface area contributed by atoms with E-state index in [9.17, 15) is 0 Å². The van der Waals surface area contributed by atoms with Crippen molar-refractivity contribution in [3.05, 3.63) is 78.5 Å². The van der Waals surface area contributed by atoms with Gasteiger partial charge in [0, 0.05) is 18.1 Å². The number of rotatable bonds is 4. The van der Waals surface area contributed by atoms with E-state index in [-0.39, 0.29) is 0 Å². The molecule has 2 N–H and O–H groups in total. The zero-order valence-electron chi connectivity index (χ0n) is 12.5. The molecule has 0 amide bonds. The number of H-pyrrole nitrogens is 1. The molecule has 0 bridgehead atoms. The molecular formula is C19H16N4. The minimum absolute atomic E-state index is 0.698.